The highest BCUT2D eigenvalue weighted by Gasteiger charge is 2.42. The molecule has 6 radical (unpaired) electrons. The van der Waals surface area contributed by atoms with E-state index in [2.05, 4.69) is 50.9 Å². The van der Waals surface area contributed by atoms with Gasteiger partial charge in [-0.1, -0.05) is 0 Å². The molecule has 19 heavy (non-hydrogen) atoms. The summed E-state index contributed by atoms with van der Waals surface area (Å²) < 4.78 is 2.11. The Labute approximate surface area is 118 Å². The molecule has 0 amide bonds. The van der Waals surface area contributed by atoms with E-state index in [9.17, 15) is 0 Å². The lowest BCUT2D eigenvalue weighted by molar-refractivity contribution is 0.840. The molecule has 0 spiro atoms. The van der Waals surface area contributed by atoms with Crippen LogP contribution in [0.1, 0.15) is 0 Å². The molecule has 0 aromatic carbocycles. The summed E-state index contributed by atoms with van der Waals surface area (Å²) in [5.41, 5.74) is 0. The van der Waals surface area contributed by atoms with E-state index >= 15 is 0 Å². The summed E-state index contributed by atoms with van der Waals surface area (Å²) in [6.45, 7) is 0. The normalized spacial score (nSPS) is 23.5. The van der Waals surface area contributed by atoms with E-state index in [1.807, 2.05) is 0 Å². The Morgan fingerprint density at radius 1 is 0.474 bits per heavy atom. The van der Waals surface area contributed by atoms with Crippen LogP contribution in [0.3, 0.4) is 0 Å². The monoisotopic (exact) mass is 248 g/mol. The Morgan fingerprint density at radius 3 is 1.00 bits per heavy atom. The molecule has 9 N–H and O–H groups in total. The fourth-order valence-electron chi connectivity index (χ4n) is 2.00. The lowest BCUT2D eigenvalue weighted by atomic mass is 9.53. The van der Waals surface area contributed by atoms with Crippen LogP contribution in [-0.4, -0.2) is 71.3 Å². The van der Waals surface area contributed by atoms with Crippen molar-refractivity contribution >= 4 is 66.6 Å². The van der Waals surface area contributed by atoms with Crippen LogP contribution in [0.4, 0.5) is 0 Å². The van der Waals surface area contributed by atoms with Crippen molar-refractivity contribution in [2.45, 2.75) is 0 Å². The van der Waals surface area contributed by atoms with Gasteiger partial charge < -0.3 is 50.9 Å². The fourth-order valence-corrected chi connectivity index (χ4v) is 2.00. The zero-order chi connectivity index (χ0) is 12.9. The maximum absolute atomic E-state index is 3.20. The standard InChI is InChI=1S/B9H9N10/c1-10-2-14-7(13-1)19(8-15-3-11-4-16-8)9-17-5-12-6-18-9/h10-18H. The third-order valence-corrected chi connectivity index (χ3v) is 2.84. The van der Waals surface area contributed by atoms with Gasteiger partial charge in [-0.25, -0.2) is 0 Å². The first kappa shape index (κ1) is 14.1. The predicted molar refractivity (Wildman–Crippen MR) is 81.8 cm³/mol. The first-order valence-electron chi connectivity index (χ1n) is 5.97. The topological polar surface area (TPSA) is 112 Å². The minimum Gasteiger partial charge on any atom is -0.379 e. The molecule has 19 heteroatoms. The van der Waals surface area contributed by atoms with Crippen LogP contribution in [0.2, 0.25) is 0 Å². The van der Waals surface area contributed by atoms with Gasteiger partial charge in [-0.05, 0) is 0 Å². The summed E-state index contributed by atoms with van der Waals surface area (Å²) in [5.74, 6) is 0. The Balaban J connectivity index is 1.68. The molecule has 0 atom stereocenters. The van der Waals surface area contributed by atoms with E-state index < -0.39 is 0 Å². The summed E-state index contributed by atoms with van der Waals surface area (Å²) in [6, 6.07) is 0. The van der Waals surface area contributed by atoms with Crippen molar-refractivity contribution in [3.8, 4) is 0 Å². The van der Waals surface area contributed by atoms with E-state index in [0.717, 1.165) is 0 Å². The molecule has 0 aliphatic carbocycles. The second kappa shape index (κ2) is 7.27. The van der Waals surface area contributed by atoms with Gasteiger partial charge in [0, 0.05) is 0 Å². The number of nitrogens with one attached hydrogen (secondary N) is 9. The van der Waals surface area contributed by atoms with Gasteiger partial charge in [0.1, 0.15) is 0 Å². The maximum atomic E-state index is 3.20. The molecule has 0 saturated carbocycles. The predicted octanol–water partition coefficient (Wildman–Crippen LogP) is -8.20. The number of nitrogens with zero attached hydrogens (tertiary/aromatic N) is 1. The summed E-state index contributed by atoms with van der Waals surface area (Å²) >= 11 is 0. The Bertz CT molecular complexity index is 215. The lowest BCUT2D eigenvalue weighted by Gasteiger charge is -2.43. The fraction of sp³-hybridized carbons (Fsp3) is 0. The number of rotatable bonds is 3. The van der Waals surface area contributed by atoms with Crippen molar-refractivity contribution in [3.63, 3.8) is 0 Å². The van der Waals surface area contributed by atoms with Crippen molar-refractivity contribution in [2.24, 2.45) is 0 Å². The van der Waals surface area contributed by atoms with Gasteiger partial charge in [0.2, 0.25) is 0 Å². The van der Waals surface area contributed by atoms with E-state index in [0.29, 0.717) is 0 Å². The van der Waals surface area contributed by atoms with Crippen LogP contribution in [0.15, 0.2) is 0 Å². The first-order chi connectivity index (χ1) is 9.45. The second-order valence-electron chi connectivity index (χ2n) is 4.02. The van der Waals surface area contributed by atoms with E-state index in [1.165, 1.54) is 0 Å². The lowest BCUT2D eigenvalue weighted by Crippen LogP contribution is -2.87. The minimum absolute atomic E-state index is 0.101. The van der Waals surface area contributed by atoms with E-state index in [4.69, 9.17) is 0 Å². The van der Waals surface area contributed by atoms with Gasteiger partial charge in [0.25, 0.3) is 45.3 Å². The molecule has 86 valence electrons. The van der Waals surface area contributed by atoms with Gasteiger partial charge in [-0.15, -0.1) is 0 Å². The molecule has 3 aliphatic heterocycles. The SMILES string of the molecule is [B]1N[B]NB(N(B2N[B]N[B]N2)B2N[B]N[B]N2)N1. The Morgan fingerprint density at radius 2 is 0.737 bits per heavy atom. The average molecular weight is 246 g/mol. The van der Waals surface area contributed by atoms with Crippen LogP contribution in [-0.2, 0) is 0 Å². The van der Waals surface area contributed by atoms with Crippen LogP contribution < -0.4 is 46.2 Å². The molecule has 3 rings (SSSR count). The summed E-state index contributed by atoms with van der Waals surface area (Å²) in [5, 5.41) is 28.0. The van der Waals surface area contributed by atoms with Crippen molar-refractivity contribution in [2.75, 3.05) is 0 Å². The molecule has 3 saturated heterocycles. The Kier molecular flexibility index (Phi) is 5.41. The molecule has 0 bridgehead atoms. The molecular weight excluding hydrogens is 237 g/mol. The van der Waals surface area contributed by atoms with Crippen molar-refractivity contribution < 1.29 is 0 Å². The van der Waals surface area contributed by atoms with Crippen LogP contribution in [0.25, 0.3) is 0 Å². The van der Waals surface area contributed by atoms with Crippen molar-refractivity contribution in [1.29, 1.82) is 0 Å². The van der Waals surface area contributed by atoms with Crippen LogP contribution in [0, 0.1) is 0 Å². The van der Waals surface area contributed by atoms with Crippen LogP contribution in [0.5, 0.6) is 0 Å². The smallest absolute Gasteiger partial charge is 0.357 e. The molecule has 3 heterocycles. The zero-order valence-corrected chi connectivity index (χ0v) is 10.1. The number of hydrogen-bond donors (Lipinski definition) is 9. The van der Waals surface area contributed by atoms with Gasteiger partial charge in [-0.2, -0.15) is 0 Å². The van der Waals surface area contributed by atoms with E-state index in [-0.39, 0.29) is 21.4 Å². The third kappa shape index (κ3) is 3.64. The minimum atomic E-state index is -0.101. The van der Waals surface area contributed by atoms with Gasteiger partial charge in [0.05, 0.1) is 0 Å². The zero-order valence-electron chi connectivity index (χ0n) is 10.1. The quantitative estimate of drug-likeness (QED) is 0.223. The average Bonchev–Trinajstić information content (AvgIpc) is 2.51. The molecule has 3 fully saturated rings. The summed E-state index contributed by atoms with van der Waals surface area (Å²) in [4.78, 5) is 0. The molecule has 10 nitrogen and oxygen atoms in total. The second-order valence-corrected chi connectivity index (χ2v) is 4.02. The third-order valence-electron chi connectivity index (χ3n) is 2.84. The molecule has 0 unspecified atom stereocenters. The summed E-state index contributed by atoms with van der Waals surface area (Å²) in [6.07, 6.45) is 0. The van der Waals surface area contributed by atoms with Crippen molar-refractivity contribution in [1.82, 2.24) is 50.9 Å². The highest BCUT2D eigenvalue weighted by molar-refractivity contribution is 6.94. The van der Waals surface area contributed by atoms with Crippen molar-refractivity contribution in [3.05, 3.63) is 0 Å². The maximum Gasteiger partial charge on any atom is 0.357 e. The van der Waals surface area contributed by atoms with Gasteiger partial charge >= 0.3 is 21.4 Å². The van der Waals surface area contributed by atoms with Gasteiger partial charge in [0.15, 0.2) is 0 Å². The molecule has 3 aliphatic rings. The number of hydrogen-bond acceptors (Lipinski definition) is 10. The Hall–Kier alpha value is 0.184. The highest BCUT2D eigenvalue weighted by Crippen LogP contribution is 1.95. The largest absolute Gasteiger partial charge is 0.379 e. The molecule has 0 aromatic heterocycles. The van der Waals surface area contributed by atoms with Crippen LogP contribution >= 0.6 is 0 Å². The summed E-state index contributed by atoms with van der Waals surface area (Å²) in [7, 11) is 10.3. The molecule has 0 aromatic rings. The highest BCUT2D eigenvalue weighted by atomic mass is 15.3. The first-order valence-corrected chi connectivity index (χ1v) is 5.97. The van der Waals surface area contributed by atoms with Gasteiger partial charge in [-0.3, -0.25) is 0 Å². The molecular formula is H9B9N10. The van der Waals surface area contributed by atoms with E-state index in [1.54, 1.807) is 45.3 Å².